The van der Waals surface area contributed by atoms with Crippen LogP contribution in [0.25, 0.3) is 5.57 Å². The molecule has 0 aromatic heterocycles. The standard InChI is InChI=1S/C22H22N2O3/c1-23-13-7-9-17-19(11-13)27-20-12-14(24-2)8-10-18(20)21(17)15-5-3-4-6-16(15)22(25)26/h3-7,9,11-12,20,23-24H,8,10H2,1-2H3,(H,25,26). The van der Waals surface area contributed by atoms with Gasteiger partial charge in [-0.25, -0.2) is 4.79 Å². The lowest BCUT2D eigenvalue weighted by Crippen LogP contribution is -2.29. The Bertz CT molecular complexity index is 975. The van der Waals surface area contributed by atoms with Crippen LogP contribution in [0.3, 0.4) is 0 Å². The second-order valence-electron chi connectivity index (χ2n) is 6.69. The molecule has 0 radical (unpaired) electrons. The molecular formula is C22H22N2O3. The highest BCUT2D eigenvalue weighted by molar-refractivity contribution is 5.99. The number of nitrogens with one attached hydrogen (secondary N) is 2. The summed E-state index contributed by atoms with van der Waals surface area (Å²) in [4.78, 5) is 11.8. The number of aromatic carboxylic acids is 1. The third-order valence-corrected chi connectivity index (χ3v) is 5.22. The number of carboxylic acids is 1. The van der Waals surface area contributed by atoms with Crippen molar-refractivity contribution in [2.45, 2.75) is 18.9 Å². The Morgan fingerprint density at radius 1 is 1.07 bits per heavy atom. The van der Waals surface area contributed by atoms with Crippen molar-refractivity contribution >= 4 is 17.2 Å². The molecule has 27 heavy (non-hydrogen) atoms. The minimum absolute atomic E-state index is 0.197. The second-order valence-corrected chi connectivity index (χ2v) is 6.69. The molecule has 1 aliphatic heterocycles. The topological polar surface area (TPSA) is 70.6 Å². The molecule has 1 unspecified atom stereocenters. The number of fused-ring (bicyclic) bond motifs is 2. The maximum atomic E-state index is 11.8. The molecule has 3 N–H and O–H groups in total. The van der Waals surface area contributed by atoms with E-state index >= 15 is 0 Å². The number of hydrogen-bond donors (Lipinski definition) is 3. The molecule has 0 amide bonds. The van der Waals surface area contributed by atoms with Crippen LogP contribution in [0, 0.1) is 0 Å². The second kappa shape index (κ2) is 6.83. The van der Waals surface area contributed by atoms with Crippen molar-refractivity contribution < 1.29 is 14.6 Å². The summed E-state index contributed by atoms with van der Waals surface area (Å²) in [5.74, 6) is -0.156. The highest BCUT2D eigenvalue weighted by Crippen LogP contribution is 2.45. The van der Waals surface area contributed by atoms with Crippen LogP contribution in [-0.2, 0) is 0 Å². The molecule has 2 aromatic rings. The zero-order chi connectivity index (χ0) is 19.0. The molecule has 0 saturated heterocycles. The molecule has 0 bridgehead atoms. The molecule has 138 valence electrons. The molecule has 0 spiro atoms. The SMILES string of the molecule is CNC1=CC2Oc3cc(NC)ccc3C(c3ccccc3C(=O)O)=C2CC1. The molecule has 2 aliphatic rings. The summed E-state index contributed by atoms with van der Waals surface area (Å²) in [6.07, 6.45) is 3.61. The van der Waals surface area contributed by atoms with Gasteiger partial charge in [-0.2, -0.15) is 0 Å². The highest BCUT2D eigenvalue weighted by atomic mass is 16.5. The minimum Gasteiger partial charge on any atom is -0.481 e. The van der Waals surface area contributed by atoms with Gasteiger partial charge >= 0.3 is 5.97 Å². The first-order valence-electron chi connectivity index (χ1n) is 9.05. The first kappa shape index (κ1) is 17.2. The van der Waals surface area contributed by atoms with Crippen molar-refractivity contribution in [1.29, 1.82) is 0 Å². The van der Waals surface area contributed by atoms with Gasteiger partial charge in [-0.1, -0.05) is 18.2 Å². The third-order valence-electron chi connectivity index (χ3n) is 5.22. The number of benzene rings is 2. The van der Waals surface area contributed by atoms with E-state index in [2.05, 4.69) is 16.7 Å². The molecule has 2 aromatic carbocycles. The largest absolute Gasteiger partial charge is 0.481 e. The van der Waals surface area contributed by atoms with Gasteiger partial charge in [0.15, 0.2) is 0 Å². The van der Waals surface area contributed by atoms with Gasteiger partial charge < -0.3 is 20.5 Å². The number of ether oxygens (including phenoxy) is 1. The van der Waals surface area contributed by atoms with Crippen molar-refractivity contribution in [3.8, 4) is 5.75 Å². The molecular weight excluding hydrogens is 340 g/mol. The quantitative estimate of drug-likeness (QED) is 0.770. The average Bonchev–Trinajstić information content (AvgIpc) is 2.71. The van der Waals surface area contributed by atoms with Gasteiger partial charge in [0.1, 0.15) is 11.9 Å². The smallest absolute Gasteiger partial charge is 0.336 e. The summed E-state index contributed by atoms with van der Waals surface area (Å²) in [5, 5.41) is 16.1. The summed E-state index contributed by atoms with van der Waals surface area (Å²) >= 11 is 0. The fraction of sp³-hybridized carbons (Fsp3) is 0.227. The molecule has 1 atom stereocenters. The van der Waals surface area contributed by atoms with Crippen molar-refractivity contribution in [3.63, 3.8) is 0 Å². The van der Waals surface area contributed by atoms with Gasteiger partial charge in [-0.05, 0) is 53.8 Å². The highest BCUT2D eigenvalue weighted by Gasteiger charge is 2.32. The Hall–Kier alpha value is -3.21. The number of carbonyl (C=O) groups is 1. The van der Waals surface area contributed by atoms with Crippen molar-refractivity contribution in [1.82, 2.24) is 5.32 Å². The van der Waals surface area contributed by atoms with Crippen molar-refractivity contribution in [2.24, 2.45) is 0 Å². The lowest BCUT2D eigenvalue weighted by Gasteiger charge is -2.34. The maximum Gasteiger partial charge on any atom is 0.336 e. The molecule has 5 heteroatoms. The van der Waals surface area contributed by atoms with E-state index in [9.17, 15) is 9.90 Å². The number of anilines is 1. The molecule has 0 saturated carbocycles. The van der Waals surface area contributed by atoms with E-state index in [4.69, 9.17) is 4.74 Å². The van der Waals surface area contributed by atoms with E-state index in [1.54, 1.807) is 12.1 Å². The van der Waals surface area contributed by atoms with E-state index in [0.717, 1.165) is 52.2 Å². The lowest BCUT2D eigenvalue weighted by molar-refractivity contribution is 0.0696. The first-order valence-corrected chi connectivity index (χ1v) is 9.05. The van der Waals surface area contributed by atoms with Gasteiger partial charge in [0.05, 0.1) is 5.56 Å². The first-order chi connectivity index (χ1) is 13.1. The normalized spacial score (nSPS) is 18.0. The molecule has 4 rings (SSSR count). The molecule has 5 nitrogen and oxygen atoms in total. The van der Waals surface area contributed by atoms with E-state index in [0.29, 0.717) is 5.56 Å². The molecule has 1 heterocycles. The van der Waals surface area contributed by atoms with Crippen LogP contribution in [0.5, 0.6) is 5.75 Å². The van der Waals surface area contributed by atoms with Crippen LogP contribution < -0.4 is 15.4 Å². The lowest BCUT2D eigenvalue weighted by atomic mass is 9.81. The van der Waals surface area contributed by atoms with Crippen LogP contribution >= 0.6 is 0 Å². The number of allylic oxidation sites excluding steroid dienone is 1. The van der Waals surface area contributed by atoms with Crippen molar-refractivity contribution in [3.05, 3.63) is 76.5 Å². The Morgan fingerprint density at radius 3 is 2.63 bits per heavy atom. The van der Waals surface area contributed by atoms with Crippen LogP contribution in [0.15, 0.2) is 59.8 Å². The summed E-state index contributed by atoms with van der Waals surface area (Å²) in [6.45, 7) is 0. The third kappa shape index (κ3) is 2.95. The van der Waals surface area contributed by atoms with E-state index in [1.165, 1.54) is 0 Å². The summed E-state index contributed by atoms with van der Waals surface area (Å²) < 4.78 is 6.30. The zero-order valence-electron chi connectivity index (χ0n) is 15.4. The van der Waals surface area contributed by atoms with E-state index < -0.39 is 5.97 Å². The van der Waals surface area contributed by atoms with Crippen LogP contribution in [0.1, 0.15) is 34.3 Å². The summed E-state index contributed by atoms with van der Waals surface area (Å²) in [6, 6.07) is 13.2. The Morgan fingerprint density at radius 2 is 1.89 bits per heavy atom. The average molecular weight is 362 g/mol. The van der Waals surface area contributed by atoms with Gasteiger partial charge in [-0.15, -0.1) is 0 Å². The van der Waals surface area contributed by atoms with Crippen LogP contribution in [0.4, 0.5) is 5.69 Å². The number of hydrogen-bond acceptors (Lipinski definition) is 4. The number of rotatable bonds is 4. The monoisotopic (exact) mass is 362 g/mol. The fourth-order valence-electron chi connectivity index (χ4n) is 3.86. The fourth-order valence-corrected chi connectivity index (χ4v) is 3.86. The summed E-state index contributed by atoms with van der Waals surface area (Å²) in [7, 11) is 3.78. The predicted molar refractivity (Wildman–Crippen MR) is 106 cm³/mol. The summed E-state index contributed by atoms with van der Waals surface area (Å²) in [5.41, 5.74) is 6.20. The minimum atomic E-state index is -0.919. The van der Waals surface area contributed by atoms with Crippen LogP contribution in [-0.4, -0.2) is 31.3 Å². The van der Waals surface area contributed by atoms with Gasteiger partial charge in [-0.3, -0.25) is 0 Å². The Balaban J connectivity index is 1.98. The van der Waals surface area contributed by atoms with Gasteiger partial charge in [0.25, 0.3) is 0 Å². The Kier molecular flexibility index (Phi) is 4.36. The zero-order valence-corrected chi connectivity index (χ0v) is 15.4. The van der Waals surface area contributed by atoms with Gasteiger partial charge in [0, 0.05) is 37.1 Å². The van der Waals surface area contributed by atoms with E-state index in [-0.39, 0.29) is 6.10 Å². The number of carboxylic acid groups (broad SMARTS) is 1. The molecule has 0 fully saturated rings. The van der Waals surface area contributed by atoms with Crippen LogP contribution in [0.2, 0.25) is 0 Å². The van der Waals surface area contributed by atoms with Gasteiger partial charge in [0.2, 0.25) is 0 Å². The predicted octanol–water partition coefficient (Wildman–Crippen LogP) is 3.89. The van der Waals surface area contributed by atoms with E-state index in [1.807, 2.05) is 44.4 Å². The maximum absolute atomic E-state index is 11.8. The Labute approximate surface area is 158 Å². The molecule has 1 aliphatic carbocycles. The van der Waals surface area contributed by atoms with Crippen molar-refractivity contribution in [2.75, 3.05) is 19.4 Å².